The lowest BCUT2D eigenvalue weighted by Crippen LogP contribution is -2.17. The highest BCUT2D eigenvalue weighted by Gasteiger charge is 2.05. The van der Waals surface area contributed by atoms with Crippen molar-refractivity contribution in [1.29, 1.82) is 0 Å². The third kappa shape index (κ3) is 3.55. The summed E-state index contributed by atoms with van der Waals surface area (Å²) in [5.41, 5.74) is 0.526. The van der Waals surface area contributed by atoms with Crippen LogP contribution in [0.4, 0.5) is 4.39 Å². The number of hydrogen-bond acceptors (Lipinski definition) is 2. The van der Waals surface area contributed by atoms with Crippen LogP contribution in [-0.4, -0.2) is 16.3 Å². The molecule has 0 aliphatic rings. The van der Waals surface area contributed by atoms with E-state index in [2.05, 4.69) is 10.4 Å². The van der Waals surface area contributed by atoms with Gasteiger partial charge in [0.2, 0.25) is 0 Å². The molecule has 0 bridgehead atoms. The molecule has 0 aliphatic carbocycles. The first-order valence-electron chi connectivity index (χ1n) is 5.88. The van der Waals surface area contributed by atoms with Crippen molar-refractivity contribution in [1.82, 2.24) is 15.1 Å². The summed E-state index contributed by atoms with van der Waals surface area (Å²) in [6.07, 6.45) is 4.62. The Hall–Kier alpha value is -1.39. The lowest BCUT2D eigenvalue weighted by Gasteiger charge is -2.07. The van der Waals surface area contributed by atoms with Crippen molar-refractivity contribution in [3.05, 3.63) is 53.1 Å². The number of nitrogens with zero attached hydrogens (tertiary/aromatic N) is 2. The van der Waals surface area contributed by atoms with Crippen LogP contribution in [0.25, 0.3) is 0 Å². The van der Waals surface area contributed by atoms with E-state index in [0.717, 1.165) is 19.5 Å². The number of benzene rings is 1. The summed E-state index contributed by atoms with van der Waals surface area (Å²) in [7, 11) is 0. The van der Waals surface area contributed by atoms with Gasteiger partial charge in [-0.05, 0) is 31.2 Å². The lowest BCUT2D eigenvalue weighted by molar-refractivity contribution is 0.534. The molecule has 0 amide bonds. The fourth-order valence-corrected chi connectivity index (χ4v) is 1.94. The molecular weight excluding hydrogens is 253 g/mol. The van der Waals surface area contributed by atoms with Crippen molar-refractivity contribution >= 4 is 11.6 Å². The highest BCUT2D eigenvalue weighted by atomic mass is 35.5. The SMILES string of the molecule is Fc1cccc(Cl)c1CNCCCn1cccn1. The van der Waals surface area contributed by atoms with E-state index < -0.39 is 0 Å². The number of rotatable bonds is 6. The second kappa shape index (κ2) is 6.52. The third-order valence-corrected chi connectivity index (χ3v) is 3.02. The van der Waals surface area contributed by atoms with Gasteiger partial charge in [-0.3, -0.25) is 4.68 Å². The maximum absolute atomic E-state index is 13.4. The van der Waals surface area contributed by atoms with E-state index in [4.69, 9.17) is 11.6 Å². The number of aryl methyl sites for hydroxylation is 1. The van der Waals surface area contributed by atoms with Crippen LogP contribution in [0.15, 0.2) is 36.7 Å². The first-order valence-corrected chi connectivity index (χ1v) is 6.26. The third-order valence-electron chi connectivity index (χ3n) is 2.66. The van der Waals surface area contributed by atoms with Crippen LogP contribution in [0.2, 0.25) is 5.02 Å². The molecule has 18 heavy (non-hydrogen) atoms. The molecular formula is C13H15ClFN3. The summed E-state index contributed by atoms with van der Waals surface area (Å²) in [4.78, 5) is 0. The predicted octanol–water partition coefficient (Wildman–Crippen LogP) is 2.86. The van der Waals surface area contributed by atoms with Crippen molar-refractivity contribution in [2.24, 2.45) is 0 Å². The molecule has 0 fully saturated rings. The van der Waals surface area contributed by atoms with Crippen molar-refractivity contribution in [2.45, 2.75) is 19.5 Å². The molecule has 96 valence electrons. The van der Waals surface area contributed by atoms with Crippen LogP contribution < -0.4 is 5.32 Å². The van der Waals surface area contributed by atoms with Gasteiger partial charge < -0.3 is 5.32 Å². The van der Waals surface area contributed by atoms with Crippen molar-refractivity contribution < 1.29 is 4.39 Å². The van der Waals surface area contributed by atoms with E-state index in [9.17, 15) is 4.39 Å². The molecule has 3 nitrogen and oxygen atoms in total. The van der Waals surface area contributed by atoms with Crippen LogP contribution in [0.1, 0.15) is 12.0 Å². The van der Waals surface area contributed by atoms with Crippen LogP contribution in [0.5, 0.6) is 0 Å². The van der Waals surface area contributed by atoms with Gasteiger partial charge in [0.05, 0.1) is 0 Å². The Morgan fingerprint density at radius 3 is 2.94 bits per heavy atom. The zero-order chi connectivity index (χ0) is 12.8. The monoisotopic (exact) mass is 267 g/mol. The van der Waals surface area contributed by atoms with Crippen molar-refractivity contribution in [2.75, 3.05) is 6.54 Å². The smallest absolute Gasteiger partial charge is 0.129 e. The molecule has 0 saturated carbocycles. The van der Waals surface area contributed by atoms with Crippen molar-refractivity contribution in [3.8, 4) is 0 Å². The van der Waals surface area contributed by atoms with Gasteiger partial charge in [0.15, 0.2) is 0 Å². The first kappa shape index (κ1) is 13.1. The maximum Gasteiger partial charge on any atom is 0.129 e. The second-order valence-electron chi connectivity index (χ2n) is 4.00. The largest absolute Gasteiger partial charge is 0.312 e. The lowest BCUT2D eigenvalue weighted by atomic mass is 10.2. The van der Waals surface area contributed by atoms with Crippen LogP contribution in [-0.2, 0) is 13.1 Å². The predicted molar refractivity (Wildman–Crippen MR) is 70.0 cm³/mol. The van der Waals surface area contributed by atoms with E-state index >= 15 is 0 Å². The van der Waals surface area contributed by atoms with Gasteiger partial charge in [0.25, 0.3) is 0 Å². The minimum atomic E-state index is -0.262. The maximum atomic E-state index is 13.4. The Morgan fingerprint density at radius 2 is 2.22 bits per heavy atom. The molecule has 1 aromatic carbocycles. The van der Waals surface area contributed by atoms with Crippen LogP contribution in [0, 0.1) is 5.82 Å². The molecule has 2 aromatic rings. The summed E-state index contributed by atoms with van der Waals surface area (Å²) in [6, 6.07) is 6.63. The Morgan fingerprint density at radius 1 is 1.33 bits per heavy atom. The molecule has 1 heterocycles. The van der Waals surface area contributed by atoms with Gasteiger partial charge in [-0.15, -0.1) is 0 Å². The van der Waals surface area contributed by atoms with E-state index in [-0.39, 0.29) is 5.82 Å². The second-order valence-corrected chi connectivity index (χ2v) is 4.41. The number of hydrogen-bond donors (Lipinski definition) is 1. The Labute approximate surface area is 111 Å². The molecule has 2 rings (SSSR count). The topological polar surface area (TPSA) is 29.9 Å². The van der Waals surface area contributed by atoms with Gasteiger partial charge in [0, 0.05) is 36.1 Å². The van der Waals surface area contributed by atoms with Gasteiger partial charge in [-0.1, -0.05) is 17.7 Å². The Balaban J connectivity index is 1.72. The molecule has 0 unspecified atom stereocenters. The number of aromatic nitrogens is 2. The fourth-order valence-electron chi connectivity index (χ4n) is 1.71. The summed E-state index contributed by atoms with van der Waals surface area (Å²) >= 11 is 5.93. The number of nitrogens with one attached hydrogen (secondary N) is 1. The molecule has 0 aliphatic heterocycles. The molecule has 1 aromatic heterocycles. The van der Waals surface area contributed by atoms with Gasteiger partial charge in [-0.2, -0.15) is 5.10 Å². The van der Waals surface area contributed by atoms with Crippen LogP contribution >= 0.6 is 11.6 Å². The van der Waals surface area contributed by atoms with E-state index in [1.54, 1.807) is 18.3 Å². The van der Waals surface area contributed by atoms with E-state index in [1.165, 1.54) is 6.07 Å². The molecule has 5 heteroatoms. The Kier molecular flexibility index (Phi) is 4.73. The normalized spacial score (nSPS) is 10.8. The van der Waals surface area contributed by atoms with Gasteiger partial charge in [-0.25, -0.2) is 4.39 Å². The van der Waals surface area contributed by atoms with Gasteiger partial charge in [0.1, 0.15) is 5.82 Å². The average Bonchev–Trinajstić information content (AvgIpc) is 2.85. The first-order chi connectivity index (χ1) is 8.77. The highest BCUT2D eigenvalue weighted by Crippen LogP contribution is 2.18. The molecule has 0 spiro atoms. The summed E-state index contributed by atoms with van der Waals surface area (Å²) in [6.45, 7) is 2.10. The fraction of sp³-hybridized carbons (Fsp3) is 0.308. The number of halogens is 2. The molecule has 0 radical (unpaired) electrons. The standard InChI is InChI=1S/C13H15ClFN3/c14-12-4-1-5-13(15)11(12)10-16-6-2-8-18-9-3-7-17-18/h1,3-5,7,9,16H,2,6,8,10H2. The van der Waals surface area contributed by atoms with E-state index in [1.807, 2.05) is 16.9 Å². The summed E-state index contributed by atoms with van der Waals surface area (Å²) in [5.74, 6) is -0.262. The average molecular weight is 268 g/mol. The van der Waals surface area contributed by atoms with E-state index in [0.29, 0.717) is 17.1 Å². The zero-order valence-electron chi connectivity index (χ0n) is 9.94. The minimum absolute atomic E-state index is 0.262. The highest BCUT2D eigenvalue weighted by molar-refractivity contribution is 6.31. The van der Waals surface area contributed by atoms with Crippen molar-refractivity contribution in [3.63, 3.8) is 0 Å². The minimum Gasteiger partial charge on any atom is -0.312 e. The molecule has 0 atom stereocenters. The summed E-state index contributed by atoms with van der Waals surface area (Å²) in [5, 5.41) is 7.76. The summed E-state index contributed by atoms with van der Waals surface area (Å²) < 4.78 is 15.3. The van der Waals surface area contributed by atoms with Gasteiger partial charge >= 0.3 is 0 Å². The molecule has 0 saturated heterocycles. The quantitative estimate of drug-likeness (QED) is 0.816. The van der Waals surface area contributed by atoms with Crippen LogP contribution in [0.3, 0.4) is 0 Å². The zero-order valence-corrected chi connectivity index (χ0v) is 10.7. The Bertz CT molecular complexity index is 465. The molecule has 1 N–H and O–H groups in total.